The second kappa shape index (κ2) is 6.57. The standard InChI is InChI=1S/C19H26N4/c1-18(2,3)14-7-8-15(19(4,5)6)16(11-14)21-10-9-17-22-12-20-13-23-17/h7-8,10-13H,9H2,1-6H3. The molecule has 4 heteroatoms. The van der Waals surface area contributed by atoms with Crippen LogP contribution >= 0.6 is 0 Å². The maximum atomic E-state index is 4.72. The smallest absolute Gasteiger partial charge is 0.137 e. The molecule has 4 nitrogen and oxygen atoms in total. The van der Waals surface area contributed by atoms with Gasteiger partial charge in [-0.1, -0.05) is 53.7 Å². The molecule has 0 atom stereocenters. The molecule has 0 saturated carbocycles. The van der Waals surface area contributed by atoms with Crippen molar-refractivity contribution in [3.63, 3.8) is 0 Å². The van der Waals surface area contributed by atoms with Gasteiger partial charge in [-0.3, -0.25) is 4.99 Å². The zero-order valence-corrected chi connectivity index (χ0v) is 15.0. The molecule has 0 aliphatic rings. The molecule has 2 rings (SSSR count). The van der Waals surface area contributed by atoms with Crippen molar-refractivity contribution in [2.24, 2.45) is 4.99 Å². The van der Waals surface area contributed by atoms with Crippen LogP contribution in [0.3, 0.4) is 0 Å². The second-order valence-corrected chi connectivity index (χ2v) is 7.80. The summed E-state index contributed by atoms with van der Waals surface area (Å²) in [6.45, 7) is 13.3. The number of rotatable bonds is 3. The van der Waals surface area contributed by atoms with E-state index in [9.17, 15) is 0 Å². The first-order chi connectivity index (χ1) is 10.7. The zero-order valence-electron chi connectivity index (χ0n) is 15.0. The topological polar surface area (TPSA) is 51.0 Å². The molecular formula is C19H26N4. The van der Waals surface area contributed by atoms with E-state index in [1.165, 1.54) is 23.8 Å². The molecule has 0 aliphatic carbocycles. The number of hydrogen-bond acceptors (Lipinski definition) is 4. The summed E-state index contributed by atoms with van der Waals surface area (Å²) < 4.78 is 0. The Morgan fingerprint density at radius 3 is 2.17 bits per heavy atom. The maximum Gasteiger partial charge on any atom is 0.137 e. The van der Waals surface area contributed by atoms with Gasteiger partial charge in [0.25, 0.3) is 0 Å². The van der Waals surface area contributed by atoms with Crippen LogP contribution in [-0.2, 0) is 17.3 Å². The minimum atomic E-state index is 0.0518. The summed E-state index contributed by atoms with van der Waals surface area (Å²) in [7, 11) is 0. The third-order valence-corrected chi connectivity index (χ3v) is 3.72. The van der Waals surface area contributed by atoms with Gasteiger partial charge in [0.15, 0.2) is 0 Å². The third kappa shape index (κ3) is 4.68. The molecule has 2 aromatic rings. The molecule has 1 heterocycles. The number of nitrogens with zero attached hydrogens (tertiary/aromatic N) is 4. The Balaban J connectivity index is 2.34. The minimum Gasteiger partial charge on any atom is -0.260 e. The monoisotopic (exact) mass is 310 g/mol. The Morgan fingerprint density at radius 2 is 1.61 bits per heavy atom. The number of hydrogen-bond donors (Lipinski definition) is 0. The van der Waals surface area contributed by atoms with Crippen molar-refractivity contribution in [1.29, 1.82) is 0 Å². The highest BCUT2D eigenvalue weighted by atomic mass is 15.0. The predicted octanol–water partition coefficient (Wildman–Crippen LogP) is 4.41. The maximum absolute atomic E-state index is 4.72. The Morgan fingerprint density at radius 1 is 0.957 bits per heavy atom. The lowest BCUT2D eigenvalue weighted by Crippen LogP contribution is -2.15. The molecule has 23 heavy (non-hydrogen) atoms. The largest absolute Gasteiger partial charge is 0.260 e. The Bertz CT molecular complexity index is 677. The summed E-state index contributed by atoms with van der Waals surface area (Å²) in [5.74, 6) is 0.730. The molecule has 0 radical (unpaired) electrons. The average Bonchev–Trinajstić information content (AvgIpc) is 2.46. The Labute approximate surface area is 139 Å². The van der Waals surface area contributed by atoms with E-state index in [-0.39, 0.29) is 10.8 Å². The van der Waals surface area contributed by atoms with Crippen molar-refractivity contribution in [2.45, 2.75) is 58.8 Å². The molecule has 0 saturated heterocycles. The Hall–Kier alpha value is -2.10. The normalized spacial score (nSPS) is 12.8. The van der Waals surface area contributed by atoms with Crippen LogP contribution in [0.4, 0.5) is 5.69 Å². The van der Waals surface area contributed by atoms with Gasteiger partial charge in [-0.05, 0) is 28.0 Å². The summed E-state index contributed by atoms with van der Waals surface area (Å²) in [6.07, 6.45) is 5.51. The first kappa shape index (κ1) is 17.3. The summed E-state index contributed by atoms with van der Waals surface area (Å²) in [6, 6.07) is 6.62. The summed E-state index contributed by atoms with van der Waals surface area (Å²) >= 11 is 0. The van der Waals surface area contributed by atoms with Crippen LogP contribution in [0.15, 0.2) is 35.8 Å². The van der Waals surface area contributed by atoms with E-state index in [0.29, 0.717) is 6.42 Å². The van der Waals surface area contributed by atoms with Crippen LogP contribution in [0.25, 0.3) is 0 Å². The summed E-state index contributed by atoms with van der Waals surface area (Å²) in [5.41, 5.74) is 3.72. The van der Waals surface area contributed by atoms with Gasteiger partial charge < -0.3 is 0 Å². The van der Waals surface area contributed by atoms with Gasteiger partial charge in [0.2, 0.25) is 0 Å². The SMILES string of the molecule is CC(C)(C)c1ccc(C(C)(C)C)c(N=CCc2ncncn2)c1. The highest BCUT2D eigenvalue weighted by Crippen LogP contribution is 2.35. The van der Waals surface area contributed by atoms with Gasteiger partial charge in [-0.25, -0.2) is 15.0 Å². The van der Waals surface area contributed by atoms with E-state index < -0.39 is 0 Å². The lowest BCUT2D eigenvalue weighted by molar-refractivity contribution is 0.578. The minimum absolute atomic E-state index is 0.0518. The highest BCUT2D eigenvalue weighted by Gasteiger charge is 2.21. The van der Waals surface area contributed by atoms with Gasteiger partial charge in [0, 0.05) is 12.6 Å². The predicted molar refractivity (Wildman–Crippen MR) is 95.5 cm³/mol. The molecule has 0 aliphatic heterocycles. The van der Waals surface area contributed by atoms with Crippen LogP contribution < -0.4 is 0 Å². The van der Waals surface area contributed by atoms with Crippen LogP contribution in [0.1, 0.15) is 58.5 Å². The number of benzene rings is 1. The highest BCUT2D eigenvalue weighted by molar-refractivity contribution is 5.67. The van der Waals surface area contributed by atoms with Crippen molar-refractivity contribution >= 4 is 11.9 Å². The van der Waals surface area contributed by atoms with Crippen LogP contribution in [-0.4, -0.2) is 21.2 Å². The van der Waals surface area contributed by atoms with E-state index in [0.717, 1.165) is 11.5 Å². The molecule has 122 valence electrons. The van der Waals surface area contributed by atoms with Gasteiger partial charge in [0.1, 0.15) is 18.5 Å². The molecule has 1 aromatic heterocycles. The number of aromatic nitrogens is 3. The van der Waals surface area contributed by atoms with E-state index in [4.69, 9.17) is 4.99 Å². The van der Waals surface area contributed by atoms with Gasteiger partial charge in [0.05, 0.1) is 5.69 Å². The average molecular weight is 310 g/mol. The molecule has 0 N–H and O–H groups in total. The first-order valence-electron chi connectivity index (χ1n) is 7.96. The Kier molecular flexibility index (Phi) is 4.93. The van der Waals surface area contributed by atoms with Crippen LogP contribution in [0, 0.1) is 0 Å². The van der Waals surface area contributed by atoms with Crippen LogP contribution in [0.2, 0.25) is 0 Å². The molecule has 1 aromatic carbocycles. The molecular weight excluding hydrogens is 284 g/mol. The fourth-order valence-electron chi connectivity index (χ4n) is 2.33. The van der Waals surface area contributed by atoms with Crippen molar-refractivity contribution in [1.82, 2.24) is 15.0 Å². The summed E-state index contributed by atoms with van der Waals surface area (Å²) in [4.78, 5) is 16.8. The zero-order chi connectivity index (χ0) is 17.1. The first-order valence-corrected chi connectivity index (χ1v) is 7.96. The second-order valence-electron chi connectivity index (χ2n) is 7.80. The van der Waals surface area contributed by atoms with Gasteiger partial charge in [-0.15, -0.1) is 0 Å². The lowest BCUT2D eigenvalue weighted by atomic mass is 9.81. The molecule has 0 spiro atoms. The van der Waals surface area contributed by atoms with E-state index in [2.05, 4.69) is 74.7 Å². The molecule has 0 bridgehead atoms. The van der Waals surface area contributed by atoms with Crippen LogP contribution in [0.5, 0.6) is 0 Å². The van der Waals surface area contributed by atoms with Crippen molar-refractivity contribution in [2.75, 3.05) is 0 Å². The van der Waals surface area contributed by atoms with E-state index in [1.54, 1.807) is 0 Å². The summed E-state index contributed by atoms with van der Waals surface area (Å²) in [5, 5.41) is 0. The third-order valence-electron chi connectivity index (χ3n) is 3.72. The van der Waals surface area contributed by atoms with Gasteiger partial charge >= 0.3 is 0 Å². The van der Waals surface area contributed by atoms with Crippen molar-refractivity contribution < 1.29 is 0 Å². The molecule has 0 unspecified atom stereocenters. The molecule has 0 fully saturated rings. The van der Waals surface area contributed by atoms with Crippen molar-refractivity contribution in [3.05, 3.63) is 47.8 Å². The van der Waals surface area contributed by atoms with E-state index >= 15 is 0 Å². The quantitative estimate of drug-likeness (QED) is 0.789. The number of aliphatic imine (C=N–C) groups is 1. The fourth-order valence-corrected chi connectivity index (χ4v) is 2.33. The molecule has 0 amide bonds. The van der Waals surface area contributed by atoms with Crippen molar-refractivity contribution in [3.8, 4) is 0 Å². The van der Waals surface area contributed by atoms with Gasteiger partial charge in [-0.2, -0.15) is 0 Å². The lowest BCUT2D eigenvalue weighted by Gasteiger charge is -2.25. The van der Waals surface area contributed by atoms with E-state index in [1.807, 2.05) is 6.21 Å². The fraction of sp³-hybridized carbons (Fsp3) is 0.474.